The molecule has 2 aromatic heterocycles. The average Bonchev–Trinajstić information content (AvgIpc) is 3.02. The van der Waals surface area contributed by atoms with Crippen molar-refractivity contribution in [2.45, 2.75) is 19.0 Å². The Hall–Kier alpha value is -1.83. The van der Waals surface area contributed by atoms with Crippen molar-refractivity contribution < 1.29 is 0 Å². The molecule has 0 radical (unpaired) electrons. The summed E-state index contributed by atoms with van der Waals surface area (Å²) in [6, 6.07) is 8.91. The van der Waals surface area contributed by atoms with E-state index < -0.39 is 0 Å². The average molecular weight is 254 g/mol. The van der Waals surface area contributed by atoms with Crippen LogP contribution in [0.4, 0.5) is 0 Å². The molecule has 0 saturated carbocycles. The van der Waals surface area contributed by atoms with Crippen molar-refractivity contribution in [3.8, 4) is 6.07 Å². The number of rotatable bonds is 3. The van der Waals surface area contributed by atoms with Gasteiger partial charge in [0.1, 0.15) is 6.07 Å². The zero-order valence-corrected chi connectivity index (χ0v) is 11.1. The fourth-order valence-corrected chi connectivity index (χ4v) is 2.88. The van der Waals surface area contributed by atoms with Gasteiger partial charge < -0.3 is 9.72 Å². The molecular formula is C15H18N4. The number of nitriles is 1. The number of aromatic nitrogens is 1. The number of pyridine rings is 1. The zero-order valence-electron chi connectivity index (χ0n) is 11.1. The number of hydrogen-bond donors (Lipinski definition) is 1. The highest BCUT2D eigenvalue weighted by Crippen LogP contribution is 2.21. The first-order chi connectivity index (χ1) is 9.31. The van der Waals surface area contributed by atoms with E-state index in [1.165, 1.54) is 6.42 Å². The van der Waals surface area contributed by atoms with Crippen LogP contribution in [0.1, 0.15) is 17.5 Å². The van der Waals surface area contributed by atoms with Crippen molar-refractivity contribution in [1.29, 1.82) is 5.26 Å². The third-order valence-corrected chi connectivity index (χ3v) is 3.95. The molecule has 1 N–H and O–H groups in total. The Labute approximate surface area is 113 Å². The second kappa shape index (κ2) is 5.04. The Morgan fingerprint density at radius 3 is 3.11 bits per heavy atom. The molecule has 0 amide bonds. The van der Waals surface area contributed by atoms with Crippen LogP contribution in [-0.2, 0) is 6.54 Å². The van der Waals surface area contributed by atoms with E-state index in [9.17, 15) is 5.26 Å². The third kappa shape index (κ3) is 2.23. The molecule has 0 bridgehead atoms. The minimum Gasteiger partial charge on any atom is -0.322 e. The normalized spacial score (nSPS) is 19.9. The summed E-state index contributed by atoms with van der Waals surface area (Å²) < 4.78 is 2.04. The van der Waals surface area contributed by atoms with Crippen LogP contribution in [0.2, 0.25) is 0 Å². The Morgan fingerprint density at radius 2 is 2.37 bits per heavy atom. The van der Waals surface area contributed by atoms with E-state index >= 15 is 0 Å². The second-order valence-electron chi connectivity index (χ2n) is 5.14. The molecule has 1 fully saturated rings. The van der Waals surface area contributed by atoms with Crippen LogP contribution in [0.3, 0.4) is 0 Å². The molecule has 19 heavy (non-hydrogen) atoms. The lowest BCUT2D eigenvalue weighted by Crippen LogP contribution is -2.29. The first kappa shape index (κ1) is 12.2. The number of nitrogens with one attached hydrogen (secondary N) is 1. The van der Waals surface area contributed by atoms with Crippen molar-refractivity contribution in [1.82, 2.24) is 14.6 Å². The summed E-state index contributed by atoms with van der Waals surface area (Å²) in [5, 5.41) is 12.7. The van der Waals surface area contributed by atoms with Gasteiger partial charge in [0.15, 0.2) is 0 Å². The monoisotopic (exact) mass is 254 g/mol. The lowest BCUT2D eigenvalue weighted by Gasteiger charge is -2.15. The number of fused-ring (bicyclic) bond motifs is 1. The van der Waals surface area contributed by atoms with Crippen molar-refractivity contribution in [3.05, 3.63) is 41.7 Å². The molecule has 1 aliphatic heterocycles. The van der Waals surface area contributed by atoms with Gasteiger partial charge in [0.05, 0.1) is 11.1 Å². The first-order valence-electron chi connectivity index (χ1n) is 6.70. The maximum absolute atomic E-state index is 9.38. The summed E-state index contributed by atoms with van der Waals surface area (Å²) in [5.41, 5.74) is 2.95. The van der Waals surface area contributed by atoms with Crippen LogP contribution < -0.4 is 5.32 Å². The van der Waals surface area contributed by atoms with Gasteiger partial charge in [0, 0.05) is 43.6 Å². The fourth-order valence-electron chi connectivity index (χ4n) is 2.88. The van der Waals surface area contributed by atoms with Gasteiger partial charge >= 0.3 is 0 Å². The summed E-state index contributed by atoms with van der Waals surface area (Å²) in [4.78, 5) is 2.41. The zero-order chi connectivity index (χ0) is 13.2. The maximum atomic E-state index is 9.38. The smallest absolute Gasteiger partial charge is 0.102 e. The van der Waals surface area contributed by atoms with E-state index in [2.05, 4.69) is 22.5 Å². The van der Waals surface area contributed by atoms with E-state index in [1.807, 2.05) is 35.8 Å². The molecule has 0 aliphatic carbocycles. The molecule has 1 saturated heterocycles. The van der Waals surface area contributed by atoms with Crippen molar-refractivity contribution >= 4 is 5.52 Å². The second-order valence-corrected chi connectivity index (χ2v) is 5.14. The quantitative estimate of drug-likeness (QED) is 0.905. The highest BCUT2D eigenvalue weighted by molar-refractivity contribution is 5.65. The van der Waals surface area contributed by atoms with Gasteiger partial charge in [-0.05, 0) is 25.6 Å². The van der Waals surface area contributed by atoms with Crippen LogP contribution in [0.5, 0.6) is 0 Å². The van der Waals surface area contributed by atoms with Gasteiger partial charge in [-0.15, -0.1) is 0 Å². The molecule has 4 nitrogen and oxygen atoms in total. The molecule has 1 atom stereocenters. The van der Waals surface area contributed by atoms with Crippen molar-refractivity contribution in [3.63, 3.8) is 0 Å². The Balaban J connectivity index is 1.87. The molecule has 98 valence electrons. The summed E-state index contributed by atoms with van der Waals surface area (Å²) in [5.74, 6) is 0. The van der Waals surface area contributed by atoms with Gasteiger partial charge in [-0.1, -0.05) is 6.07 Å². The predicted molar refractivity (Wildman–Crippen MR) is 74.9 cm³/mol. The van der Waals surface area contributed by atoms with Crippen LogP contribution in [0.15, 0.2) is 30.6 Å². The Morgan fingerprint density at radius 1 is 1.47 bits per heavy atom. The van der Waals surface area contributed by atoms with Crippen molar-refractivity contribution in [2.75, 3.05) is 20.1 Å². The SMILES string of the molecule is CNC1CCN(Cc2cn3ccccc3c2C#N)C1. The first-order valence-corrected chi connectivity index (χ1v) is 6.70. The van der Waals surface area contributed by atoms with Crippen LogP contribution in [-0.4, -0.2) is 35.5 Å². The van der Waals surface area contributed by atoms with E-state index in [4.69, 9.17) is 0 Å². The molecule has 3 rings (SSSR count). The minimum atomic E-state index is 0.586. The molecule has 0 aromatic carbocycles. The highest BCUT2D eigenvalue weighted by Gasteiger charge is 2.22. The van der Waals surface area contributed by atoms with Crippen LogP contribution in [0, 0.1) is 11.3 Å². The molecule has 3 heterocycles. The minimum absolute atomic E-state index is 0.586. The lowest BCUT2D eigenvalue weighted by atomic mass is 10.1. The van der Waals surface area contributed by atoms with Gasteiger partial charge in [0.25, 0.3) is 0 Å². The number of likely N-dealkylation sites (tertiary alicyclic amines) is 1. The fraction of sp³-hybridized carbons (Fsp3) is 0.400. The number of likely N-dealkylation sites (N-methyl/N-ethyl adjacent to an activating group) is 1. The molecule has 4 heteroatoms. The van der Waals surface area contributed by atoms with Crippen molar-refractivity contribution in [2.24, 2.45) is 0 Å². The number of hydrogen-bond acceptors (Lipinski definition) is 3. The van der Waals surface area contributed by atoms with Crippen LogP contribution in [0.25, 0.3) is 5.52 Å². The Bertz CT molecular complexity index is 623. The van der Waals surface area contributed by atoms with Gasteiger partial charge in [0.2, 0.25) is 0 Å². The maximum Gasteiger partial charge on any atom is 0.102 e. The van der Waals surface area contributed by atoms with E-state index in [-0.39, 0.29) is 0 Å². The van der Waals surface area contributed by atoms with Gasteiger partial charge in [-0.25, -0.2) is 0 Å². The summed E-state index contributed by atoms with van der Waals surface area (Å²) in [7, 11) is 2.02. The highest BCUT2D eigenvalue weighted by atomic mass is 15.2. The summed E-state index contributed by atoms with van der Waals surface area (Å²) in [6.07, 6.45) is 5.27. The molecule has 1 aliphatic rings. The third-order valence-electron chi connectivity index (χ3n) is 3.95. The van der Waals surface area contributed by atoms with Crippen LogP contribution >= 0.6 is 0 Å². The molecule has 0 spiro atoms. The number of nitrogens with zero attached hydrogens (tertiary/aromatic N) is 3. The summed E-state index contributed by atoms with van der Waals surface area (Å²) >= 11 is 0. The lowest BCUT2D eigenvalue weighted by molar-refractivity contribution is 0.322. The van der Waals surface area contributed by atoms with Gasteiger partial charge in [-0.2, -0.15) is 5.26 Å². The molecule has 2 aromatic rings. The van der Waals surface area contributed by atoms with E-state index in [1.54, 1.807) is 0 Å². The molecular weight excluding hydrogens is 236 g/mol. The largest absolute Gasteiger partial charge is 0.322 e. The Kier molecular flexibility index (Phi) is 3.24. The molecule has 1 unspecified atom stereocenters. The standard InChI is InChI=1S/C15H18N4/c1-17-13-5-7-18(11-13)9-12-10-19-6-3-2-4-15(19)14(12)8-16/h2-4,6,10,13,17H,5,7,9,11H2,1H3. The van der Waals surface area contributed by atoms with E-state index in [0.29, 0.717) is 6.04 Å². The predicted octanol–water partition coefficient (Wildman–Crippen LogP) is 1.60. The summed E-state index contributed by atoms with van der Waals surface area (Å²) in [6.45, 7) is 3.03. The topological polar surface area (TPSA) is 43.5 Å². The van der Waals surface area contributed by atoms with Gasteiger partial charge in [-0.3, -0.25) is 4.90 Å². The van der Waals surface area contributed by atoms with E-state index in [0.717, 1.165) is 36.3 Å².